The number of amidine groups is 1. The molecule has 3 N–H and O–H groups in total. The number of hydrogen-bond donors (Lipinski definition) is 3. The van der Waals surface area contributed by atoms with E-state index in [9.17, 15) is 20.0 Å². The summed E-state index contributed by atoms with van der Waals surface area (Å²) in [4.78, 5) is 27.1. The number of carbonyl (C=O) groups excluding carboxylic acids is 2. The lowest BCUT2D eigenvalue weighted by molar-refractivity contribution is 0.0954. The molecule has 0 aliphatic carbocycles. The van der Waals surface area contributed by atoms with E-state index in [0.717, 1.165) is 0 Å². The van der Waals surface area contributed by atoms with E-state index in [0.29, 0.717) is 38.9 Å². The Kier molecular flexibility index (Phi) is 7.88. The number of phenols is 1. The van der Waals surface area contributed by atoms with Gasteiger partial charge in [-0.3, -0.25) is 15.0 Å². The standard InChI is InChI=1S/C27H32N4O3.BrH/c1-26(2,3)20-10-15(11-21(23(20)33)27(4,5)6)22(32)14-31-13-19-17(12-28)8-16(25(34)30-7)9-18(19)24(31)29;/h8-11,29,33H,13-14H2,1-7H3,(H,30,34);1H. The smallest absolute Gasteiger partial charge is 0.251 e. The van der Waals surface area contributed by atoms with Crippen LogP contribution in [0.3, 0.4) is 0 Å². The monoisotopic (exact) mass is 540 g/mol. The number of Topliss-reactive ketones (excluding diaryl/α,β-unsaturated/α-hetero) is 1. The summed E-state index contributed by atoms with van der Waals surface area (Å²) in [6.07, 6.45) is 0. The Morgan fingerprint density at radius 3 is 2.06 bits per heavy atom. The molecule has 0 aromatic heterocycles. The number of carbonyl (C=O) groups is 2. The van der Waals surface area contributed by atoms with Gasteiger partial charge in [0.25, 0.3) is 5.91 Å². The third-order valence-electron chi connectivity index (χ3n) is 6.16. The van der Waals surface area contributed by atoms with Crippen molar-refractivity contribution in [2.24, 2.45) is 0 Å². The Bertz CT molecular complexity index is 1210. The van der Waals surface area contributed by atoms with Crippen molar-refractivity contribution in [2.75, 3.05) is 13.6 Å². The second kappa shape index (κ2) is 9.82. The van der Waals surface area contributed by atoms with Crippen LogP contribution in [0.2, 0.25) is 0 Å². The molecule has 1 aliphatic heterocycles. The maximum Gasteiger partial charge on any atom is 0.251 e. The minimum Gasteiger partial charge on any atom is -0.507 e. The van der Waals surface area contributed by atoms with Crippen molar-refractivity contribution < 1.29 is 14.7 Å². The van der Waals surface area contributed by atoms with E-state index in [1.165, 1.54) is 13.1 Å². The number of nitrogens with one attached hydrogen (secondary N) is 2. The predicted molar refractivity (Wildman–Crippen MR) is 142 cm³/mol. The van der Waals surface area contributed by atoms with E-state index in [2.05, 4.69) is 11.4 Å². The quantitative estimate of drug-likeness (QED) is 0.480. The van der Waals surface area contributed by atoms with Gasteiger partial charge in [-0.15, -0.1) is 17.0 Å². The molecule has 0 radical (unpaired) electrons. The van der Waals surface area contributed by atoms with Gasteiger partial charge in [-0.2, -0.15) is 5.26 Å². The third-order valence-corrected chi connectivity index (χ3v) is 6.16. The maximum absolute atomic E-state index is 13.4. The fourth-order valence-electron chi connectivity index (χ4n) is 4.21. The zero-order chi connectivity index (χ0) is 25.6. The zero-order valence-electron chi connectivity index (χ0n) is 21.3. The van der Waals surface area contributed by atoms with Crippen molar-refractivity contribution in [1.82, 2.24) is 10.2 Å². The molecule has 0 spiro atoms. The second-order valence-electron chi connectivity index (χ2n) is 10.8. The average molecular weight is 541 g/mol. The lowest BCUT2D eigenvalue weighted by Gasteiger charge is -2.28. The first-order valence-electron chi connectivity index (χ1n) is 11.2. The molecule has 186 valence electrons. The van der Waals surface area contributed by atoms with Gasteiger partial charge >= 0.3 is 0 Å². The van der Waals surface area contributed by atoms with Gasteiger partial charge < -0.3 is 15.3 Å². The van der Waals surface area contributed by atoms with Crippen molar-refractivity contribution in [3.05, 3.63) is 63.2 Å². The van der Waals surface area contributed by atoms with Crippen LogP contribution in [0.1, 0.15) is 90.1 Å². The molecule has 0 bridgehead atoms. The maximum atomic E-state index is 13.4. The van der Waals surface area contributed by atoms with Gasteiger partial charge in [0.2, 0.25) is 0 Å². The first-order chi connectivity index (χ1) is 15.7. The van der Waals surface area contributed by atoms with E-state index in [1.54, 1.807) is 23.1 Å². The van der Waals surface area contributed by atoms with Gasteiger partial charge in [-0.1, -0.05) is 41.5 Å². The number of amides is 1. The average Bonchev–Trinajstić information content (AvgIpc) is 3.06. The number of nitriles is 1. The SMILES string of the molecule is Br.CNC(=O)c1cc(C#N)c2c(c1)C(=N)N(CC(=O)c1cc(C(C)(C)C)c(O)c(C(C)(C)C)c1)C2. The highest BCUT2D eigenvalue weighted by Gasteiger charge is 2.32. The Morgan fingerprint density at radius 1 is 1.06 bits per heavy atom. The molecule has 1 aliphatic rings. The number of hydrogen-bond acceptors (Lipinski definition) is 5. The Hall–Kier alpha value is -3.18. The number of fused-ring (bicyclic) bond motifs is 1. The molecule has 35 heavy (non-hydrogen) atoms. The highest BCUT2D eigenvalue weighted by molar-refractivity contribution is 8.93. The molecular formula is C27H33BrN4O3. The van der Waals surface area contributed by atoms with Crippen molar-refractivity contribution in [1.29, 1.82) is 10.7 Å². The van der Waals surface area contributed by atoms with Crippen molar-refractivity contribution in [3.63, 3.8) is 0 Å². The van der Waals surface area contributed by atoms with Crippen LogP contribution in [0.25, 0.3) is 0 Å². The van der Waals surface area contributed by atoms with E-state index in [1.807, 2.05) is 41.5 Å². The molecule has 1 amide bonds. The van der Waals surface area contributed by atoms with Crippen LogP contribution in [0.4, 0.5) is 0 Å². The molecule has 1 heterocycles. The minimum atomic E-state index is -0.366. The highest BCUT2D eigenvalue weighted by Crippen LogP contribution is 2.40. The van der Waals surface area contributed by atoms with Crippen LogP contribution in [0.5, 0.6) is 5.75 Å². The lowest BCUT2D eigenvalue weighted by Crippen LogP contribution is -2.31. The first kappa shape index (κ1) is 28.1. The van der Waals surface area contributed by atoms with Gasteiger partial charge in [0.15, 0.2) is 5.78 Å². The summed E-state index contributed by atoms with van der Waals surface area (Å²) >= 11 is 0. The van der Waals surface area contributed by atoms with Crippen LogP contribution < -0.4 is 5.32 Å². The highest BCUT2D eigenvalue weighted by atomic mass is 79.9. The summed E-state index contributed by atoms with van der Waals surface area (Å²) in [5.74, 6) is -0.205. The number of aromatic hydroxyl groups is 1. The minimum absolute atomic E-state index is 0. The summed E-state index contributed by atoms with van der Waals surface area (Å²) in [5.41, 5.74) is 2.90. The molecule has 8 heteroatoms. The van der Waals surface area contributed by atoms with E-state index in [4.69, 9.17) is 5.41 Å². The lowest BCUT2D eigenvalue weighted by atomic mass is 9.78. The van der Waals surface area contributed by atoms with Crippen LogP contribution in [0, 0.1) is 16.7 Å². The summed E-state index contributed by atoms with van der Waals surface area (Å²) in [6, 6.07) is 8.70. The summed E-state index contributed by atoms with van der Waals surface area (Å²) in [7, 11) is 1.51. The number of rotatable bonds is 4. The number of nitrogens with zero attached hydrogens (tertiary/aromatic N) is 2. The largest absolute Gasteiger partial charge is 0.507 e. The van der Waals surface area contributed by atoms with E-state index < -0.39 is 0 Å². The predicted octanol–water partition coefficient (Wildman–Crippen LogP) is 4.82. The van der Waals surface area contributed by atoms with Crippen LogP contribution in [0.15, 0.2) is 24.3 Å². The molecule has 3 rings (SSSR count). The number of ketones is 1. The van der Waals surface area contributed by atoms with Gasteiger partial charge in [0, 0.05) is 47.0 Å². The normalized spacial score (nSPS) is 13.1. The van der Waals surface area contributed by atoms with Crippen LogP contribution in [-0.2, 0) is 17.4 Å². The van der Waals surface area contributed by atoms with Crippen LogP contribution in [-0.4, -0.2) is 41.1 Å². The molecule has 0 saturated carbocycles. The summed E-state index contributed by atoms with van der Waals surface area (Å²) < 4.78 is 0. The van der Waals surface area contributed by atoms with Crippen molar-refractivity contribution >= 4 is 34.5 Å². The molecule has 0 fully saturated rings. The zero-order valence-corrected chi connectivity index (χ0v) is 23.0. The Labute approximate surface area is 217 Å². The molecule has 0 unspecified atom stereocenters. The molecule has 0 saturated heterocycles. The second-order valence-corrected chi connectivity index (χ2v) is 10.8. The van der Waals surface area contributed by atoms with Gasteiger partial charge in [0.1, 0.15) is 11.6 Å². The fourth-order valence-corrected chi connectivity index (χ4v) is 4.21. The van der Waals surface area contributed by atoms with Crippen LogP contribution >= 0.6 is 17.0 Å². The van der Waals surface area contributed by atoms with Gasteiger partial charge in [-0.25, -0.2) is 0 Å². The molecule has 2 aromatic carbocycles. The molecular weight excluding hydrogens is 508 g/mol. The third kappa shape index (κ3) is 5.40. The topological polar surface area (TPSA) is 117 Å². The summed E-state index contributed by atoms with van der Waals surface area (Å²) in [5, 5.41) is 31.7. The fraction of sp³-hybridized carbons (Fsp3) is 0.407. The summed E-state index contributed by atoms with van der Waals surface area (Å²) in [6.45, 7) is 12.1. The molecule has 7 nitrogen and oxygen atoms in total. The van der Waals surface area contributed by atoms with Crippen molar-refractivity contribution in [3.8, 4) is 11.8 Å². The van der Waals surface area contributed by atoms with Crippen molar-refractivity contribution in [2.45, 2.75) is 58.9 Å². The number of phenolic OH excluding ortho intramolecular Hbond substituents is 1. The molecule has 0 atom stereocenters. The Morgan fingerprint density at radius 2 is 1.60 bits per heavy atom. The van der Waals surface area contributed by atoms with E-state index in [-0.39, 0.29) is 64.2 Å². The number of halogens is 1. The Balaban J connectivity index is 0.00000432. The van der Waals surface area contributed by atoms with Gasteiger partial charge in [0.05, 0.1) is 18.2 Å². The molecule has 2 aromatic rings. The number of benzene rings is 2. The van der Waals surface area contributed by atoms with Gasteiger partial charge in [-0.05, 0) is 35.1 Å². The van der Waals surface area contributed by atoms with E-state index >= 15 is 0 Å². The first-order valence-corrected chi connectivity index (χ1v) is 11.2.